The molecular formula is C44H64N6O10. The van der Waals surface area contributed by atoms with E-state index in [1.54, 1.807) is 47.9 Å². The number of benzene rings is 2. The molecule has 4 rings (SSSR count). The fraction of sp³-hybridized carbons (Fsp3) is 0.591. The predicted octanol–water partition coefficient (Wildman–Crippen LogP) is 4.62. The van der Waals surface area contributed by atoms with Crippen molar-refractivity contribution >= 4 is 35.8 Å². The van der Waals surface area contributed by atoms with Crippen LogP contribution in [0.5, 0.6) is 0 Å². The SMILES string of the molecule is CCOC(=O)N1CCC(NC(=O)c2cc(C(=O)NC3CCN(C(=O)OCC)CC3)cc(-c3cc(C(=O)NCCCCCCO)cc(C(=O)NCCCCCCO)c3)c2)CC1. The molecule has 2 aromatic carbocycles. The highest BCUT2D eigenvalue weighted by Crippen LogP contribution is 2.27. The van der Waals surface area contributed by atoms with Crippen molar-refractivity contribution < 1.29 is 48.5 Å². The molecule has 2 aliphatic rings. The summed E-state index contributed by atoms with van der Waals surface area (Å²) in [5, 5.41) is 30.2. The summed E-state index contributed by atoms with van der Waals surface area (Å²) in [5.74, 6) is -1.60. The van der Waals surface area contributed by atoms with Gasteiger partial charge in [-0.05, 0) is 113 Å². The monoisotopic (exact) mass is 836 g/mol. The van der Waals surface area contributed by atoms with Crippen LogP contribution in [0.3, 0.4) is 0 Å². The fourth-order valence-corrected chi connectivity index (χ4v) is 7.28. The van der Waals surface area contributed by atoms with Crippen LogP contribution in [-0.2, 0) is 9.47 Å². The molecule has 2 heterocycles. The number of hydrogen-bond acceptors (Lipinski definition) is 10. The highest BCUT2D eigenvalue weighted by molar-refractivity contribution is 6.04. The summed E-state index contributed by atoms with van der Waals surface area (Å²) in [6.45, 7) is 6.73. The van der Waals surface area contributed by atoms with E-state index in [-0.39, 0.29) is 72.6 Å². The van der Waals surface area contributed by atoms with Gasteiger partial charge in [0.2, 0.25) is 0 Å². The second kappa shape index (κ2) is 25.4. The number of carbonyl (C=O) groups excluding carboxylic acids is 6. The number of amides is 6. The quantitative estimate of drug-likeness (QED) is 0.0960. The molecule has 16 nitrogen and oxygen atoms in total. The average Bonchev–Trinajstić information content (AvgIpc) is 3.26. The van der Waals surface area contributed by atoms with E-state index in [9.17, 15) is 28.8 Å². The Kier molecular flexibility index (Phi) is 20.1. The van der Waals surface area contributed by atoms with Crippen molar-refractivity contribution in [1.29, 1.82) is 0 Å². The zero-order chi connectivity index (χ0) is 43.3. The number of aliphatic hydroxyl groups excluding tert-OH is 2. The standard InChI is InChI=1S/C44H64N6O10/c1-3-59-43(57)49-19-13-37(14-20-49)47-41(55)35-27-32(28-36(30-35)42(56)48-38-15-21-50(22-16-38)44(58)60-4-2)31-25-33(39(53)45-17-9-5-7-11-23-51)29-34(26-31)40(54)46-18-10-6-8-12-24-52/h25-30,37-38,51-52H,3-24H2,1-2H3,(H,45,53)(H,46,54)(H,47,55)(H,48,56). The molecule has 0 atom stereocenters. The van der Waals surface area contributed by atoms with E-state index >= 15 is 0 Å². The van der Waals surface area contributed by atoms with E-state index < -0.39 is 24.0 Å². The van der Waals surface area contributed by atoms with Crippen LogP contribution in [0.15, 0.2) is 36.4 Å². The Labute approximate surface area is 353 Å². The first-order chi connectivity index (χ1) is 29.1. The van der Waals surface area contributed by atoms with E-state index in [2.05, 4.69) is 21.3 Å². The molecule has 16 heteroatoms. The van der Waals surface area contributed by atoms with Gasteiger partial charge in [-0.25, -0.2) is 9.59 Å². The first-order valence-corrected chi connectivity index (χ1v) is 21.6. The zero-order valence-corrected chi connectivity index (χ0v) is 35.2. The molecule has 0 aromatic heterocycles. The number of unbranched alkanes of at least 4 members (excludes halogenated alkanes) is 6. The lowest BCUT2D eigenvalue weighted by Crippen LogP contribution is -2.47. The van der Waals surface area contributed by atoms with E-state index in [0.717, 1.165) is 25.7 Å². The maximum Gasteiger partial charge on any atom is 0.409 e. The van der Waals surface area contributed by atoms with Crippen molar-refractivity contribution in [3.63, 3.8) is 0 Å². The van der Waals surface area contributed by atoms with Gasteiger partial charge in [-0.1, -0.05) is 25.7 Å². The molecule has 0 saturated carbocycles. The van der Waals surface area contributed by atoms with Crippen molar-refractivity contribution in [3.8, 4) is 11.1 Å². The molecule has 330 valence electrons. The van der Waals surface area contributed by atoms with E-state index in [1.807, 2.05) is 0 Å². The Morgan fingerprint density at radius 1 is 0.517 bits per heavy atom. The number of piperidine rings is 2. The maximum absolute atomic E-state index is 14.0. The lowest BCUT2D eigenvalue weighted by molar-refractivity contribution is 0.0849. The number of nitrogens with one attached hydrogen (secondary N) is 4. The summed E-state index contributed by atoms with van der Waals surface area (Å²) in [4.78, 5) is 82.8. The zero-order valence-electron chi connectivity index (χ0n) is 35.2. The maximum atomic E-state index is 14.0. The highest BCUT2D eigenvalue weighted by Gasteiger charge is 2.28. The van der Waals surface area contributed by atoms with Gasteiger partial charge in [0.25, 0.3) is 23.6 Å². The van der Waals surface area contributed by atoms with Crippen LogP contribution >= 0.6 is 0 Å². The number of likely N-dealkylation sites (tertiary alicyclic amines) is 2. The second-order valence-electron chi connectivity index (χ2n) is 15.3. The molecule has 0 bridgehead atoms. The van der Waals surface area contributed by atoms with E-state index in [0.29, 0.717) is 102 Å². The van der Waals surface area contributed by atoms with E-state index in [4.69, 9.17) is 19.7 Å². The number of aliphatic hydroxyl groups is 2. The summed E-state index contributed by atoms with van der Waals surface area (Å²) in [7, 11) is 0. The lowest BCUT2D eigenvalue weighted by atomic mass is 9.94. The van der Waals surface area contributed by atoms with Crippen molar-refractivity contribution in [2.24, 2.45) is 0 Å². The average molecular weight is 837 g/mol. The summed E-state index contributed by atoms with van der Waals surface area (Å²) in [5.41, 5.74) is 1.77. The number of rotatable bonds is 21. The molecule has 2 aliphatic heterocycles. The molecule has 2 fully saturated rings. The summed E-state index contributed by atoms with van der Waals surface area (Å²) >= 11 is 0. The molecule has 2 saturated heterocycles. The molecule has 6 N–H and O–H groups in total. The van der Waals surface area contributed by atoms with Crippen molar-refractivity contribution in [1.82, 2.24) is 31.1 Å². The van der Waals surface area contributed by atoms with Gasteiger partial charge in [0.05, 0.1) is 13.2 Å². The highest BCUT2D eigenvalue weighted by atomic mass is 16.6. The van der Waals surface area contributed by atoms with Crippen LogP contribution in [0.4, 0.5) is 9.59 Å². The number of hydrogen-bond donors (Lipinski definition) is 6. The Hall–Kier alpha value is -5.22. The third kappa shape index (κ3) is 15.1. The van der Waals surface area contributed by atoms with Crippen LogP contribution in [-0.4, -0.2) is 134 Å². The van der Waals surface area contributed by atoms with Gasteiger partial charge < -0.3 is 50.8 Å². The minimum Gasteiger partial charge on any atom is -0.450 e. The molecular weight excluding hydrogens is 773 g/mol. The first-order valence-electron chi connectivity index (χ1n) is 21.6. The smallest absolute Gasteiger partial charge is 0.409 e. The number of nitrogens with zero attached hydrogens (tertiary/aromatic N) is 2. The van der Waals surface area contributed by atoms with Crippen molar-refractivity contribution in [3.05, 3.63) is 58.7 Å². The predicted molar refractivity (Wildman–Crippen MR) is 226 cm³/mol. The van der Waals surface area contributed by atoms with Crippen LogP contribution in [0.1, 0.15) is 132 Å². The van der Waals surface area contributed by atoms with Crippen LogP contribution in [0, 0.1) is 0 Å². The minimum atomic E-state index is -0.419. The Morgan fingerprint density at radius 3 is 1.18 bits per heavy atom. The normalized spacial score (nSPS) is 14.6. The third-order valence-corrected chi connectivity index (χ3v) is 10.7. The van der Waals surface area contributed by atoms with Gasteiger partial charge in [-0.15, -0.1) is 0 Å². The van der Waals surface area contributed by atoms with Crippen LogP contribution < -0.4 is 21.3 Å². The largest absolute Gasteiger partial charge is 0.450 e. The van der Waals surface area contributed by atoms with Crippen LogP contribution in [0.25, 0.3) is 11.1 Å². The van der Waals surface area contributed by atoms with Crippen molar-refractivity contribution in [2.75, 3.05) is 65.7 Å². The number of ether oxygens (including phenoxy) is 2. The summed E-state index contributed by atoms with van der Waals surface area (Å²) < 4.78 is 10.3. The molecule has 0 spiro atoms. The van der Waals surface area contributed by atoms with Gasteiger partial charge >= 0.3 is 12.2 Å². The molecule has 60 heavy (non-hydrogen) atoms. The lowest BCUT2D eigenvalue weighted by Gasteiger charge is -2.32. The second-order valence-corrected chi connectivity index (χ2v) is 15.3. The summed E-state index contributed by atoms with van der Waals surface area (Å²) in [6.07, 6.45) is 7.44. The van der Waals surface area contributed by atoms with Gasteiger partial charge in [0.15, 0.2) is 0 Å². The van der Waals surface area contributed by atoms with Crippen LogP contribution in [0.2, 0.25) is 0 Å². The van der Waals surface area contributed by atoms with Gasteiger partial charge in [0, 0.05) is 86.8 Å². The Morgan fingerprint density at radius 2 is 0.850 bits per heavy atom. The topological polar surface area (TPSA) is 216 Å². The first kappa shape index (κ1) is 47.5. The molecule has 2 aromatic rings. The third-order valence-electron chi connectivity index (χ3n) is 10.7. The molecule has 0 unspecified atom stereocenters. The Balaban J connectivity index is 1.63. The molecule has 6 amide bonds. The van der Waals surface area contributed by atoms with Gasteiger partial charge in [0.1, 0.15) is 0 Å². The molecule has 0 radical (unpaired) electrons. The minimum absolute atomic E-state index is 0.117. The van der Waals surface area contributed by atoms with Crippen molar-refractivity contribution in [2.45, 2.75) is 103 Å². The van der Waals surface area contributed by atoms with Gasteiger partial charge in [-0.3, -0.25) is 19.2 Å². The van der Waals surface area contributed by atoms with E-state index in [1.165, 1.54) is 12.1 Å². The molecule has 0 aliphatic carbocycles. The van der Waals surface area contributed by atoms with Gasteiger partial charge in [-0.2, -0.15) is 0 Å². The summed E-state index contributed by atoms with van der Waals surface area (Å²) in [6, 6.07) is 9.14. The number of carbonyl (C=O) groups is 6. The Bertz CT molecular complexity index is 1620. The fourth-order valence-electron chi connectivity index (χ4n) is 7.28.